The molecule has 0 bridgehead atoms. The van der Waals surface area contributed by atoms with Gasteiger partial charge in [0, 0.05) is 15.5 Å². The van der Waals surface area contributed by atoms with E-state index in [1.807, 2.05) is 32.0 Å². The lowest BCUT2D eigenvalue weighted by molar-refractivity contribution is 0.102. The van der Waals surface area contributed by atoms with E-state index >= 15 is 0 Å². The van der Waals surface area contributed by atoms with Crippen LogP contribution in [0.3, 0.4) is 0 Å². The van der Waals surface area contributed by atoms with Gasteiger partial charge in [-0.15, -0.1) is 0 Å². The zero-order valence-electron chi connectivity index (χ0n) is 11.4. The molecule has 0 heterocycles. The highest BCUT2D eigenvalue weighted by molar-refractivity contribution is 7.85. The molecule has 0 saturated heterocycles. The van der Waals surface area contributed by atoms with E-state index in [4.69, 9.17) is 11.6 Å². The van der Waals surface area contributed by atoms with Crippen molar-refractivity contribution in [1.82, 2.24) is 0 Å². The second-order valence-electron chi connectivity index (χ2n) is 4.69. The minimum absolute atomic E-state index is 0.00801. The van der Waals surface area contributed by atoms with Gasteiger partial charge in [0.25, 0.3) is 0 Å². The second-order valence-corrected chi connectivity index (χ2v) is 6.54. The highest BCUT2D eigenvalue weighted by atomic mass is 35.5. The van der Waals surface area contributed by atoms with Crippen LogP contribution in [-0.2, 0) is 10.8 Å². The molecular weight excluding hydrogens is 292 g/mol. The van der Waals surface area contributed by atoms with E-state index in [1.54, 1.807) is 24.3 Å². The maximum Gasteiger partial charge on any atom is 0.175 e. The van der Waals surface area contributed by atoms with Gasteiger partial charge >= 0.3 is 0 Å². The zero-order valence-corrected chi connectivity index (χ0v) is 12.9. The Kier molecular flexibility index (Phi) is 4.73. The van der Waals surface area contributed by atoms with Gasteiger partial charge in [0.15, 0.2) is 5.78 Å². The summed E-state index contributed by atoms with van der Waals surface area (Å²) < 4.78 is 12.3. The first-order chi connectivity index (χ1) is 9.47. The minimum atomic E-state index is -1.32. The largest absolute Gasteiger partial charge is 0.293 e. The fraction of sp³-hybridized carbons (Fsp3) is 0.188. The third kappa shape index (κ3) is 3.56. The Bertz CT molecular complexity index is 663. The van der Waals surface area contributed by atoms with Gasteiger partial charge in [-0.05, 0) is 55.3 Å². The molecule has 1 unspecified atom stereocenters. The molecule has 0 N–H and O–H groups in total. The van der Waals surface area contributed by atoms with Crippen LogP contribution >= 0.6 is 11.6 Å². The molecule has 2 aromatic rings. The highest BCUT2D eigenvalue weighted by Crippen LogP contribution is 2.17. The smallest absolute Gasteiger partial charge is 0.175 e. The van der Waals surface area contributed by atoms with Crippen molar-refractivity contribution in [1.29, 1.82) is 0 Å². The van der Waals surface area contributed by atoms with Crippen molar-refractivity contribution < 1.29 is 9.00 Å². The molecule has 4 heteroatoms. The Morgan fingerprint density at radius 3 is 2.40 bits per heavy atom. The number of rotatable bonds is 4. The van der Waals surface area contributed by atoms with Gasteiger partial charge in [0.05, 0.1) is 16.6 Å². The predicted octanol–water partition coefficient (Wildman–Crippen LogP) is 3.95. The molecule has 0 fully saturated rings. The monoisotopic (exact) mass is 306 g/mol. The average Bonchev–Trinajstić information content (AvgIpc) is 2.42. The number of hydrogen-bond donors (Lipinski definition) is 0. The first-order valence-electron chi connectivity index (χ1n) is 6.22. The normalized spacial score (nSPS) is 12.2. The van der Waals surface area contributed by atoms with E-state index in [-0.39, 0.29) is 11.5 Å². The Morgan fingerprint density at radius 1 is 1.10 bits per heavy atom. The van der Waals surface area contributed by atoms with Crippen molar-refractivity contribution in [3.05, 3.63) is 64.2 Å². The van der Waals surface area contributed by atoms with E-state index < -0.39 is 10.8 Å². The Morgan fingerprint density at radius 2 is 1.75 bits per heavy atom. The summed E-state index contributed by atoms with van der Waals surface area (Å²) in [7, 11) is -1.32. The van der Waals surface area contributed by atoms with E-state index in [9.17, 15) is 9.00 Å². The number of carbonyl (C=O) groups is 1. The van der Waals surface area contributed by atoms with Crippen LogP contribution in [0.1, 0.15) is 21.5 Å². The van der Waals surface area contributed by atoms with Crippen LogP contribution < -0.4 is 0 Å². The van der Waals surface area contributed by atoms with Crippen LogP contribution in [0, 0.1) is 13.8 Å². The summed E-state index contributed by atoms with van der Waals surface area (Å²) >= 11 is 5.78. The lowest BCUT2D eigenvalue weighted by Crippen LogP contribution is -2.12. The van der Waals surface area contributed by atoms with Gasteiger partial charge < -0.3 is 0 Å². The van der Waals surface area contributed by atoms with Crippen molar-refractivity contribution in [3.63, 3.8) is 0 Å². The van der Waals surface area contributed by atoms with Gasteiger partial charge in [-0.3, -0.25) is 9.00 Å². The summed E-state index contributed by atoms with van der Waals surface area (Å²) in [6, 6.07) is 12.4. The quantitative estimate of drug-likeness (QED) is 0.802. The fourth-order valence-corrected chi connectivity index (χ4v) is 3.30. The lowest BCUT2D eigenvalue weighted by atomic mass is 10.1. The summed E-state index contributed by atoms with van der Waals surface area (Å²) in [5.41, 5.74) is 2.52. The third-order valence-electron chi connectivity index (χ3n) is 3.02. The van der Waals surface area contributed by atoms with Crippen molar-refractivity contribution in [2.75, 3.05) is 5.75 Å². The summed E-state index contributed by atoms with van der Waals surface area (Å²) in [6.07, 6.45) is 0. The van der Waals surface area contributed by atoms with Crippen LogP contribution in [0.2, 0.25) is 5.02 Å². The molecule has 0 aliphatic carbocycles. The molecule has 0 aliphatic rings. The summed E-state index contributed by atoms with van der Waals surface area (Å²) in [5, 5.41) is 0.581. The number of halogens is 1. The second kappa shape index (κ2) is 6.33. The third-order valence-corrected chi connectivity index (χ3v) is 4.72. The zero-order chi connectivity index (χ0) is 14.7. The molecule has 1 atom stereocenters. The predicted molar refractivity (Wildman–Crippen MR) is 83.0 cm³/mol. The number of benzene rings is 2. The Hall–Kier alpha value is -1.45. The van der Waals surface area contributed by atoms with Gasteiger partial charge in [0.1, 0.15) is 0 Å². The molecule has 0 radical (unpaired) electrons. The van der Waals surface area contributed by atoms with Crippen molar-refractivity contribution >= 4 is 28.2 Å². The maximum atomic E-state index is 12.3. The number of Topliss-reactive ketones (excluding diaryl/α,β-unsaturated/α-hetero) is 1. The first-order valence-corrected chi connectivity index (χ1v) is 7.91. The number of carbonyl (C=O) groups excluding carboxylic acids is 1. The Labute approximate surface area is 126 Å². The van der Waals surface area contributed by atoms with Crippen LogP contribution in [0.4, 0.5) is 0 Å². The number of hydrogen-bond acceptors (Lipinski definition) is 2. The van der Waals surface area contributed by atoms with E-state index in [2.05, 4.69) is 0 Å². The maximum absolute atomic E-state index is 12.3. The topological polar surface area (TPSA) is 34.1 Å². The minimum Gasteiger partial charge on any atom is -0.293 e. The van der Waals surface area contributed by atoms with Crippen LogP contribution in [0.15, 0.2) is 47.4 Å². The van der Waals surface area contributed by atoms with Gasteiger partial charge in [-0.2, -0.15) is 0 Å². The van der Waals surface area contributed by atoms with E-state index in [0.717, 1.165) is 16.0 Å². The van der Waals surface area contributed by atoms with Crippen LogP contribution in [0.5, 0.6) is 0 Å². The van der Waals surface area contributed by atoms with E-state index in [1.165, 1.54) is 0 Å². The lowest BCUT2D eigenvalue weighted by Gasteiger charge is -2.07. The van der Waals surface area contributed by atoms with Crippen LogP contribution in [-0.4, -0.2) is 15.7 Å². The van der Waals surface area contributed by atoms with Crippen molar-refractivity contribution in [3.8, 4) is 0 Å². The molecular formula is C16H15ClO2S. The molecule has 0 saturated carbocycles. The SMILES string of the molecule is Cc1ccc(C)c(S(=O)CC(=O)c2ccc(Cl)cc2)c1. The molecule has 0 aromatic heterocycles. The molecule has 20 heavy (non-hydrogen) atoms. The fourth-order valence-electron chi connectivity index (χ4n) is 1.87. The Balaban J connectivity index is 2.17. The molecule has 2 aromatic carbocycles. The number of ketones is 1. The highest BCUT2D eigenvalue weighted by Gasteiger charge is 2.14. The summed E-state index contributed by atoms with van der Waals surface area (Å²) in [4.78, 5) is 12.8. The summed E-state index contributed by atoms with van der Waals surface area (Å²) in [6.45, 7) is 3.85. The molecule has 0 aliphatic heterocycles. The molecule has 2 rings (SSSR count). The van der Waals surface area contributed by atoms with Crippen molar-refractivity contribution in [2.45, 2.75) is 18.7 Å². The molecule has 104 valence electrons. The molecule has 2 nitrogen and oxygen atoms in total. The standard InChI is InChI=1S/C16H15ClO2S/c1-11-3-4-12(2)16(9-11)20(19)10-15(18)13-5-7-14(17)8-6-13/h3-9H,10H2,1-2H3. The van der Waals surface area contributed by atoms with Gasteiger partial charge in [-0.25, -0.2) is 0 Å². The molecule has 0 amide bonds. The molecule has 0 spiro atoms. The van der Waals surface area contributed by atoms with Gasteiger partial charge in [0.2, 0.25) is 0 Å². The van der Waals surface area contributed by atoms with Gasteiger partial charge in [-0.1, -0.05) is 23.7 Å². The van der Waals surface area contributed by atoms with Crippen LogP contribution in [0.25, 0.3) is 0 Å². The van der Waals surface area contributed by atoms with E-state index in [0.29, 0.717) is 10.6 Å². The van der Waals surface area contributed by atoms with Crippen molar-refractivity contribution in [2.24, 2.45) is 0 Å². The number of aryl methyl sites for hydroxylation is 2. The summed E-state index contributed by atoms with van der Waals surface area (Å²) in [5.74, 6) is -0.146. The average molecular weight is 307 g/mol. The first kappa shape index (κ1) is 14.9.